The van der Waals surface area contributed by atoms with Gasteiger partial charge >= 0.3 is 0 Å². The number of benzene rings is 1. The minimum atomic E-state index is -0.815. The predicted molar refractivity (Wildman–Crippen MR) is 95.5 cm³/mol. The Morgan fingerprint density at radius 1 is 1.21 bits per heavy atom. The lowest BCUT2D eigenvalue weighted by molar-refractivity contribution is 0.476. The van der Waals surface area contributed by atoms with Gasteiger partial charge in [0.15, 0.2) is 11.6 Å². The summed E-state index contributed by atoms with van der Waals surface area (Å²) in [5, 5.41) is 8.47. The third-order valence-electron chi connectivity index (χ3n) is 3.93. The zero-order chi connectivity index (χ0) is 17.1. The Bertz CT molecular complexity index is 793. The normalized spacial score (nSPS) is 12.5. The molecule has 0 aliphatic rings. The van der Waals surface area contributed by atoms with Gasteiger partial charge in [0.1, 0.15) is 5.01 Å². The van der Waals surface area contributed by atoms with Crippen molar-refractivity contribution in [2.45, 2.75) is 32.9 Å². The SMILES string of the molecule is Cc1nc(C(Cc2ccsc2)NCc2cccc(F)c2F)sc1C. The van der Waals surface area contributed by atoms with Gasteiger partial charge in [-0.3, -0.25) is 0 Å². The van der Waals surface area contributed by atoms with Gasteiger partial charge in [-0.2, -0.15) is 11.3 Å². The molecule has 0 radical (unpaired) electrons. The number of thiophene rings is 1. The van der Waals surface area contributed by atoms with Gasteiger partial charge in [0.2, 0.25) is 0 Å². The van der Waals surface area contributed by atoms with Crippen molar-refractivity contribution in [3.8, 4) is 0 Å². The van der Waals surface area contributed by atoms with Crippen molar-refractivity contribution in [3.05, 3.63) is 73.4 Å². The number of thiazole rings is 1. The molecule has 0 spiro atoms. The van der Waals surface area contributed by atoms with Crippen LogP contribution in [0.3, 0.4) is 0 Å². The number of rotatable bonds is 6. The van der Waals surface area contributed by atoms with Crippen LogP contribution < -0.4 is 5.32 Å². The third kappa shape index (κ3) is 3.88. The Balaban J connectivity index is 1.80. The number of aromatic nitrogens is 1. The summed E-state index contributed by atoms with van der Waals surface area (Å²) in [5.74, 6) is -1.60. The highest BCUT2D eigenvalue weighted by Crippen LogP contribution is 2.27. The van der Waals surface area contributed by atoms with E-state index in [1.807, 2.05) is 19.2 Å². The zero-order valence-corrected chi connectivity index (χ0v) is 15.1. The van der Waals surface area contributed by atoms with Crippen molar-refractivity contribution in [1.29, 1.82) is 0 Å². The first-order valence-electron chi connectivity index (χ1n) is 7.66. The fraction of sp³-hybridized carbons (Fsp3) is 0.278. The summed E-state index contributed by atoms with van der Waals surface area (Å²) in [7, 11) is 0. The highest BCUT2D eigenvalue weighted by molar-refractivity contribution is 7.11. The molecule has 1 atom stereocenters. The van der Waals surface area contributed by atoms with Crippen molar-refractivity contribution in [1.82, 2.24) is 10.3 Å². The van der Waals surface area contributed by atoms with Crippen LogP contribution in [0.25, 0.3) is 0 Å². The van der Waals surface area contributed by atoms with E-state index in [2.05, 4.69) is 21.7 Å². The van der Waals surface area contributed by atoms with Crippen LogP contribution >= 0.6 is 22.7 Å². The van der Waals surface area contributed by atoms with Gasteiger partial charge in [-0.1, -0.05) is 12.1 Å². The van der Waals surface area contributed by atoms with Gasteiger partial charge in [-0.05, 0) is 48.7 Å². The Morgan fingerprint density at radius 3 is 2.71 bits per heavy atom. The average Bonchev–Trinajstić information content (AvgIpc) is 3.18. The van der Waals surface area contributed by atoms with E-state index in [-0.39, 0.29) is 12.6 Å². The van der Waals surface area contributed by atoms with E-state index in [9.17, 15) is 8.78 Å². The van der Waals surface area contributed by atoms with Crippen molar-refractivity contribution in [2.24, 2.45) is 0 Å². The van der Waals surface area contributed by atoms with Gasteiger partial charge in [0.05, 0.1) is 11.7 Å². The molecule has 2 aromatic heterocycles. The predicted octanol–water partition coefficient (Wildman–Crippen LogP) is 5.17. The van der Waals surface area contributed by atoms with Gasteiger partial charge < -0.3 is 5.32 Å². The van der Waals surface area contributed by atoms with E-state index in [0.29, 0.717) is 5.56 Å². The molecular formula is C18H18F2N2S2. The molecule has 3 rings (SSSR count). The van der Waals surface area contributed by atoms with Gasteiger partial charge in [-0.25, -0.2) is 13.8 Å². The topological polar surface area (TPSA) is 24.9 Å². The van der Waals surface area contributed by atoms with Crippen LogP contribution in [0.4, 0.5) is 8.78 Å². The fourth-order valence-corrected chi connectivity index (χ4v) is 4.14. The monoisotopic (exact) mass is 364 g/mol. The number of halogens is 2. The van der Waals surface area contributed by atoms with Gasteiger partial charge in [-0.15, -0.1) is 11.3 Å². The standard InChI is InChI=1S/C18H18F2N2S2/c1-11-12(2)24-18(22-11)16(8-13-6-7-23-10-13)21-9-14-4-3-5-15(19)17(14)20/h3-7,10,16,21H,8-9H2,1-2H3. The number of nitrogens with zero attached hydrogens (tertiary/aromatic N) is 1. The Hall–Kier alpha value is -1.63. The second-order valence-corrected chi connectivity index (χ2v) is 7.69. The van der Waals surface area contributed by atoms with Crippen LogP contribution in [-0.2, 0) is 13.0 Å². The summed E-state index contributed by atoms with van der Waals surface area (Å²) in [6.07, 6.45) is 0.771. The van der Waals surface area contributed by atoms with Crippen LogP contribution in [0.5, 0.6) is 0 Å². The Labute approximate surface area is 148 Å². The van der Waals surface area contributed by atoms with E-state index < -0.39 is 11.6 Å². The van der Waals surface area contributed by atoms with Crippen LogP contribution in [-0.4, -0.2) is 4.98 Å². The molecule has 126 valence electrons. The molecule has 1 aromatic carbocycles. The van der Waals surface area contributed by atoms with E-state index in [4.69, 9.17) is 0 Å². The maximum Gasteiger partial charge on any atom is 0.163 e. The van der Waals surface area contributed by atoms with Crippen LogP contribution in [0.15, 0.2) is 35.0 Å². The number of nitrogens with one attached hydrogen (secondary N) is 1. The summed E-state index contributed by atoms with van der Waals surface area (Å²) in [6.45, 7) is 4.30. The molecule has 0 aliphatic carbocycles. The Morgan fingerprint density at radius 2 is 2.04 bits per heavy atom. The van der Waals surface area contributed by atoms with Gasteiger partial charge in [0.25, 0.3) is 0 Å². The van der Waals surface area contributed by atoms with Crippen LogP contribution in [0, 0.1) is 25.5 Å². The minimum Gasteiger partial charge on any atom is -0.303 e. The molecule has 0 fully saturated rings. The van der Waals surface area contributed by atoms with Crippen molar-refractivity contribution >= 4 is 22.7 Å². The quantitative estimate of drug-likeness (QED) is 0.652. The zero-order valence-electron chi connectivity index (χ0n) is 13.5. The molecule has 0 saturated carbocycles. The maximum absolute atomic E-state index is 13.9. The molecule has 2 heterocycles. The molecule has 3 aromatic rings. The average molecular weight is 364 g/mol. The summed E-state index contributed by atoms with van der Waals surface area (Å²) in [4.78, 5) is 5.81. The molecule has 1 unspecified atom stereocenters. The highest BCUT2D eigenvalue weighted by Gasteiger charge is 2.18. The first kappa shape index (κ1) is 17.2. The van der Waals surface area contributed by atoms with Crippen LogP contribution in [0.2, 0.25) is 0 Å². The highest BCUT2D eigenvalue weighted by atomic mass is 32.1. The second kappa shape index (κ2) is 7.51. The lowest BCUT2D eigenvalue weighted by Crippen LogP contribution is -2.23. The molecule has 0 saturated heterocycles. The summed E-state index contributed by atoms with van der Waals surface area (Å²) in [6, 6.07) is 6.32. The lowest BCUT2D eigenvalue weighted by Gasteiger charge is -2.16. The Kier molecular flexibility index (Phi) is 5.38. The fourth-order valence-electron chi connectivity index (χ4n) is 2.46. The first-order valence-corrected chi connectivity index (χ1v) is 9.42. The summed E-state index contributed by atoms with van der Waals surface area (Å²) >= 11 is 3.30. The summed E-state index contributed by atoms with van der Waals surface area (Å²) < 4.78 is 27.3. The molecular weight excluding hydrogens is 346 g/mol. The van der Waals surface area contributed by atoms with E-state index >= 15 is 0 Å². The number of hydrogen-bond acceptors (Lipinski definition) is 4. The molecule has 2 nitrogen and oxygen atoms in total. The molecule has 0 amide bonds. The lowest BCUT2D eigenvalue weighted by atomic mass is 10.1. The maximum atomic E-state index is 13.9. The third-order valence-corrected chi connectivity index (χ3v) is 5.85. The van der Waals surface area contributed by atoms with E-state index in [1.54, 1.807) is 28.7 Å². The van der Waals surface area contributed by atoms with Gasteiger partial charge in [0, 0.05) is 17.0 Å². The second-order valence-electron chi connectivity index (χ2n) is 5.68. The molecule has 1 N–H and O–H groups in total. The van der Waals surface area contributed by atoms with E-state index in [0.717, 1.165) is 23.2 Å². The number of aryl methyl sites for hydroxylation is 2. The van der Waals surface area contributed by atoms with Crippen molar-refractivity contribution in [3.63, 3.8) is 0 Å². The van der Waals surface area contributed by atoms with Crippen molar-refractivity contribution in [2.75, 3.05) is 0 Å². The summed E-state index contributed by atoms with van der Waals surface area (Å²) in [5.41, 5.74) is 2.56. The molecule has 0 aliphatic heterocycles. The minimum absolute atomic E-state index is 0.0281. The number of hydrogen-bond donors (Lipinski definition) is 1. The molecule has 24 heavy (non-hydrogen) atoms. The first-order chi connectivity index (χ1) is 11.5. The smallest absolute Gasteiger partial charge is 0.163 e. The molecule has 0 bridgehead atoms. The van der Waals surface area contributed by atoms with Crippen LogP contribution in [0.1, 0.15) is 32.7 Å². The largest absolute Gasteiger partial charge is 0.303 e. The van der Waals surface area contributed by atoms with E-state index in [1.165, 1.54) is 16.5 Å². The molecule has 6 heteroatoms. The van der Waals surface area contributed by atoms with Crippen molar-refractivity contribution < 1.29 is 8.78 Å².